The minimum Gasteiger partial charge on any atom is -0.394 e. The second kappa shape index (κ2) is 6.84. The summed E-state index contributed by atoms with van der Waals surface area (Å²) in [6.45, 7) is 3.85. The molecule has 1 aliphatic rings. The molecule has 0 radical (unpaired) electrons. The molecule has 1 aliphatic heterocycles. The topological polar surface area (TPSA) is 41.5 Å². The Morgan fingerprint density at radius 3 is 2.68 bits per heavy atom. The molecule has 2 N–H and O–H groups in total. The summed E-state index contributed by atoms with van der Waals surface area (Å²) in [6, 6.07) is 8.16. The van der Waals surface area contributed by atoms with Crippen molar-refractivity contribution in [2.24, 2.45) is 0 Å². The lowest BCUT2D eigenvalue weighted by Gasteiger charge is -2.34. The number of hydrogen-bond donors (Lipinski definition) is 2. The van der Waals surface area contributed by atoms with Crippen LogP contribution in [0, 0.1) is 0 Å². The second-order valence-electron chi connectivity index (χ2n) is 5.12. The second-order valence-corrected chi connectivity index (χ2v) is 6.03. The minimum atomic E-state index is -0.368. The average Bonchev–Trinajstić information content (AvgIpc) is 2.95. The maximum atomic E-state index is 9.86. The molecule has 2 rings (SSSR count). The molecule has 1 fully saturated rings. The summed E-state index contributed by atoms with van der Waals surface area (Å²) in [7, 11) is 0. The lowest BCUT2D eigenvalue weighted by molar-refractivity contribution is 0.0857. The molecule has 0 amide bonds. The number of hydrogen-bond acceptors (Lipinski definition) is 3. The Bertz CT molecular complexity index is 384. The molecule has 1 saturated heterocycles. The van der Waals surface area contributed by atoms with Crippen molar-refractivity contribution in [3.63, 3.8) is 0 Å². The van der Waals surface area contributed by atoms with Gasteiger partial charge >= 0.3 is 0 Å². The fourth-order valence-electron chi connectivity index (χ4n) is 2.57. The summed E-state index contributed by atoms with van der Waals surface area (Å²) >= 11 is 3.45. The maximum Gasteiger partial charge on any atom is 0.0700 e. The Kier molecular flexibility index (Phi) is 5.39. The van der Waals surface area contributed by atoms with Gasteiger partial charge in [0.25, 0.3) is 0 Å². The van der Waals surface area contributed by atoms with Gasteiger partial charge in [-0.3, -0.25) is 0 Å². The van der Waals surface area contributed by atoms with Gasteiger partial charge in [0.2, 0.25) is 0 Å². The van der Waals surface area contributed by atoms with Crippen LogP contribution in [0.15, 0.2) is 28.7 Å². The molecule has 4 heteroatoms. The van der Waals surface area contributed by atoms with Crippen LogP contribution in [0.3, 0.4) is 0 Å². The van der Waals surface area contributed by atoms with Crippen LogP contribution in [-0.2, 0) is 10.3 Å². The lowest BCUT2D eigenvalue weighted by atomic mass is 9.87. The molecule has 2 atom stereocenters. The monoisotopic (exact) mass is 327 g/mol. The molecule has 1 aromatic carbocycles. The maximum absolute atomic E-state index is 9.86. The van der Waals surface area contributed by atoms with E-state index in [1.54, 1.807) is 0 Å². The van der Waals surface area contributed by atoms with Crippen LogP contribution >= 0.6 is 15.9 Å². The van der Waals surface area contributed by atoms with Gasteiger partial charge < -0.3 is 15.2 Å². The first-order valence-corrected chi connectivity index (χ1v) is 7.73. The lowest BCUT2D eigenvalue weighted by Crippen LogP contribution is -2.48. The van der Waals surface area contributed by atoms with Crippen LogP contribution in [0.25, 0.3) is 0 Å². The van der Waals surface area contributed by atoms with E-state index in [9.17, 15) is 5.11 Å². The molecule has 1 heterocycles. The van der Waals surface area contributed by atoms with Gasteiger partial charge in [-0.25, -0.2) is 0 Å². The third kappa shape index (κ3) is 3.57. The number of aliphatic hydroxyl groups excluding tert-OH is 1. The predicted octanol–water partition coefficient (Wildman–Crippen LogP) is 2.82. The highest BCUT2D eigenvalue weighted by Gasteiger charge is 2.30. The van der Waals surface area contributed by atoms with E-state index < -0.39 is 0 Å². The molecule has 106 valence electrons. The Morgan fingerprint density at radius 1 is 1.42 bits per heavy atom. The van der Waals surface area contributed by atoms with Gasteiger partial charge in [0.1, 0.15) is 0 Å². The fourth-order valence-corrected chi connectivity index (χ4v) is 2.84. The first-order chi connectivity index (χ1) is 9.20. The van der Waals surface area contributed by atoms with Crippen molar-refractivity contribution in [3.8, 4) is 0 Å². The summed E-state index contributed by atoms with van der Waals surface area (Å²) in [5.74, 6) is 0. The number of halogens is 1. The molecule has 2 unspecified atom stereocenters. The van der Waals surface area contributed by atoms with Crippen molar-refractivity contribution in [1.82, 2.24) is 5.32 Å². The first-order valence-electron chi connectivity index (χ1n) is 6.94. The SMILES string of the molecule is CCC(CO)(NCC1CCCO1)c1ccc(Br)cc1. The Labute approximate surface area is 123 Å². The predicted molar refractivity (Wildman–Crippen MR) is 80.2 cm³/mol. The van der Waals surface area contributed by atoms with Crippen molar-refractivity contribution in [3.05, 3.63) is 34.3 Å². The number of aliphatic hydroxyl groups is 1. The highest BCUT2D eigenvalue weighted by Crippen LogP contribution is 2.26. The quantitative estimate of drug-likeness (QED) is 0.844. The molecule has 0 saturated carbocycles. The first kappa shape index (κ1) is 15.0. The van der Waals surface area contributed by atoms with E-state index >= 15 is 0 Å². The fraction of sp³-hybridized carbons (Fsp3) is 0.600. The normalized spacial score (nSPS) is 22.4. The molecule has 0 spiro atoms. The highest BCUT2D eigenvalue weighted by atomic mass is 79.9. The Morgan fingerprint density at radius 2 is 2.16 bits per heavy atom. The smallest absolute Gasteiger partial charge is 0.0700 e. The van der Waals surface area contributed by atoms with Crippen LogP contribution in [0.5, 0.6) is 0 Å². The molecule has 19 heavy (non-hydrogen) atoms. The molecule has 0 aliphatic carbocycles. The van der Waals surface area contributed by atoms with Crippen molar-refractivity contribution < 1.29 is 9.84 Å². The number of benzene rings is 1. The largest absolute Gasteiger partial charge is 0.394 e. The summed E-state index contributed by atoms with van der Waals surface area (Å²) < 4.78 is 6.69. The molecular formula is C15H22BrNO2. The number of rotatable bonds is 6. The molecule has 1 aromatic rings. The zero-order valence-corrected chi connectivity index (χ0v) is 12.9. The van der Waals surface area contributed by atoms with Crippen molar-refractivity contribution in [2.45, 2.75) is 37.8 Å². The zero-order chi connectivity index (χ0) is 13.7. The van der Waals surface area contributed by atoms with Crippen LogP contribution in [-0.4, -0.2) is 31.0 Å². The number of ether oxygens (including phenoxy) is 1. The summed E-state index contributed by atoms with van der Waals surface area (Å²) in [5.41, 5.74) is 0.755. The Hall–Kier alpha value is -0.420. The third-order valence-corrected chi connectivity index (χ3v) is 4.49. The van der Waals surface area contributed by atoms with Crippen LogP contribution < -0.4 is 5.32 Å². The highest BCUT2D eigenvalue weighted by molar-refractivity contribution is 9.10. The van der Waals surface area contributed by atoms with Crippen molar-refractivity contribution in [2.75, 3.05) is 19.8 Å². The standard InChI is InChI=1S/C15H22BrNO2/c1-2-15(11-18,12-5-7-13(16)8-6-12)17-10-14-4-3-9-19-14/h5-8,14,17-18H,2-4,9-11H2,1H3. The molecule has 0 aromatic heterocycles. The van der Waals surface area contributed by atoms with Crippen molar-refractivity contribution >= 4 is 15.9 Å². The summed E-state index contributed by atoms with van der Waals surface area (Å²) in [5, 5.41) is 13.4. The van der Waals surface area contributed by atoms with E-state index in [1.807, 2.05) is 12.1 Å². The van der Waals surface area contributed by atoms with E-state index in [2.05, 4.69) is 40.3 Å². The van der Waals surface area contributed by atoms with E-state index in [0.717, 1.165) is 42.5 Å². The van der Waals surface area contributed by atoms with E-state index in [0.29, 0.717) is 0 Å². The van der Waals surface area contributed by atoms with Gasteiger partial charge in [0.15, 0.2) is 0 Å². The van der Waals surface area contributed by atoms with Gasteiger partial charge in [0, 0.05) is 17.6 Å². The van der Waals surface area contributed by atoms with Crippen LogP contribution in [0.4, 0.5) is 0 Å². The van der Waals surface area contributed by atoms with Crippen molar-refractivity contribution in [1.29, 1.82) is 0 Å². The van der Waals surface area contributed by atoms with E-state index in [1.165, 1.54) is 0 Å². The molecular weight excluding hydrogens is 306 g/mol. The number of nitrogens with one attached hydrogen (secondary N) is 1. The average molecular weight is 328 g/mol. The van der Waals surface area contributed by atoms with Gasteiger partial charge in [-0.1, -0.05) is 35.0 Å². The molecule has 3 nitrogen and oxygen atoms in total. The van der Waals surface area contributed by atoms with E-state index in [4.69, 9.17) is 4.74 Å². The Balaban J connectivity index is 2.09. The minimum absolute atomic E-state index is 0.0951. The zero-order valence-electron chi connectivity index (χ0n) is 11.4. The van der Waals surface area contributed by atoms with Gasteiger partial charge in [0.05, 0.1) is 18.2 Å². The summed E-state index contributed by atoms with van der Waals surface area (Å²) in [6.07, 6.45) is 3.38. The van der Waals surface area contributed by atoms with Gasteiger partial charge in [-0.2, -0.15) is 0 Å². The van der Waals surface area contributed by atoms with E-state index in [-0.39, 0.29) is 18.2 Å². The third-order valence-electron chi connectivity index (χ3n) is 3.96. The summed E-state index contributed by atoms with van der Waals surface area (Å²) in [4.78, 5) is 0. The molecule has 0 bridgehead atoms. The van der Waals surface area contributed by atoms with Gasteiger partial charge in [-0.05, 0) is 37.0 Å². The van der Waals surface area contributed by atoms with Gasteiger partial charge in [-0.15, -0.1) is 0 Å². The van der Waals surface area contributed by atoms with Crippen LogP contribution in [0.2, 0.25) is 0 Å². The van der Waals surface area contributed by atoms with Crippen LogP contribution in [0.1, 0.15) is 31.7 Å².